The molecule has 1 heterocycles. The van der Waals surface area contributed by atoms with Crippen LogP contribution in [0.2, 0.25) is 0 Å². The third-order valence-corrected chi connectivity index (χ3v) is 3.23. The first-order chi connectivity index (χ1) is 10.1. The van der Waals surface area contributed by atoms with Crippen LogP contribution >= 0.6 is 0 Å². The van der Waals surface area contributed by atoms with Crippen molar-refractivity contribution in [3.63, 3.8) is 0 Å². The van der Waals surface area contributed by atoms with Crippen LogP contribution in [0.4, 0.5) is 0 Å². The van der Waals surface area contributed by atoms with Gasteiger partial charge in [-0.2, -0.15) is 0 Å². The van der Waals surface area contributed by atoms with Crippen molar-refractivity contribution in [2.75, 3.05) is 6.54 Å². The van der Waals surface area contributed by atoms with Gasteiger partial charge in [0.25, 0.3) is 0 Å². The zero-order chi connectivity index (χ0) is 15.2. The molecule has 0 aliphatic heterocycles. The molecule has 6 heteroatoms. The van der Waals surface area contributed by atoms with E-state index in [1.165, 1.54) is 4.68 Å². The predicted octanol–water partition coefficient (Wildman–Crippen LogP) is 1.38. The number of amides is 1. The van der Waals surface area contributed by atoms with Crippen molar-refractivity contribution in [1.29, 1.82) is 0 Å². The number of hydrogen-bond acceptors (Lipinski definition) is 4. The number of aliphatic hydroxyl groups is 1. The van der Waals surface area contributed by atoms with Crippen LogP contribution in [0.3, 0.4) is 0 Å². The smallest absolute Gasteiger partial charge is 0.244 e. The molecule has 112 valence electrons. The molecule has 1 aromatic carbocycles. The van der Waals surface area contributed by atoms with Crippen molar-refractivity contribution >= 4 is 5.91 Å². The monoisotopic (exact) mass is 288 g/mol. The predicted molar refractivity (Wildman–Crippen MR) is 78.2 cm³/mol. The average Bonchev–Trinajstić information content (AvgIpc) is 2.94. The minimum Gasteiger partial charge on any atom is -0.387 e. The summed E-state index contributed by atoms with van der Waals surface area (Å²) in [6, 6.07) is 9.86. The van der Waals surface area contributed by atoms with E-state index in [0.29, 0.717) is 18.8 Å². The Kier molecular flexibility index (Phi) is 5.05. The summed E-state index contributed by atoms with van der Waals surface area (Å²) in [4.78, 5) is 14.1. The van der Waals surface area contributed by atoms with E-state index in [4.69, 9.17) is 0 Å². The molecule has 0 aliphatic rings. The summed E-state index contributed by atoms with van der Waals surface area (Å²) < 4.78 is 1.46. The Labute approximate surface area is 124 Å². The van der Waals surface area contributed by atoms with Gasteiger partial charge in [-0.1, -0.05) is 35.5 Å². The molecule has 1 N–H and O–H groups in total. The molecule has 0 aliphatic carbocycles. The highest BCUT2D eigenvalue weighted by Gasteiger charge is 2.14. The van der Waals surface area contributed by atoms with Crippen LogP contribution in [0.15, 0.2) is 36.5 Å². The van der Waals surface area contributed by atoms with Gasteiger partial charge >= 0.3 is 0 Å². The van der Waals surface area contributed by atoms with E-state index in [9.17, 15) is 9.90 Å². The van der Waals surface area contributed by atoms with E-state index in [-0.39, 0.29) is 12.5 Å². The minimum atomic E-state index is -0.680. The van der Waals surface area contributed by atoms with Crippen molar-refractivity contribution in [3.05, 3.63) is 47.8 Å². The summed E-state index contributed by atoms with van der Waals surface area (Å²) in [6.45, 7) is 4.90. The third-order valence-electron chi connectivity index (χ3n) is 3.23. The van der Waals surface area contributed by atoms with Gasteiger partial charge < -0.3 is 10.0 Å². The first-order valence-corrected chi connectivity index (χ1v) is 7.00. The fourth-order valence-corrected chi connectivity index (χ4v) is 2.00. The second-order valence-electron chi connectivity index (χ2n) is 4.91. The van der Waals surface area contributed by atoms with E-state index in [0.717, 1.165) is 5.56 Å². The molecule has 0 saturated heterocycles. The van der Waals surface area contributed by atoms with Gasteiger partial charge in [-0.15, -0.1) is 5.10 Å². The quantitative estimate of drug-likeness (QED) is 0.871. The Morgan fingerprint density at radius 3 is 2.67 bits per heavy atom. The lowest BCUT2D eigenvalue weighted by molar-refractivity contribution is -0.132. The first kappa shape index (κ1) is 15.2. The maximum absolute atomic E-state index is 12.3. The normalized spacial score (nSPS) is 12.1. The highest BCUT2D eigenvalue weighted by molar-refractivity contribution is 5.75. The highest BCUT2D eigenvalue weighted by Crippen LogP contribution is 2.08. The van der Waals surface area contributed by atoms with Crippen LogP contribution in [0.5, 0.6) is 0 Å². The van der Waals surface area contributed by atoms with Crippen LogP contribution < -0.4 is 0 Å². The second kappa shape index (κ2) is 6.99. The van der Waals surface area contributed by atoms with E-state index < -0.39 is 6.10 Å². The minimum absolute atomic E-state index is 0.0246. The molecular weight excluding hydrogens is 268 g/mol. The fourth-order valence-electron chi connectivity index (χ4n) is 2.00. The summed E-state index contributed by atoms with van der Waals surface area (Å²) in [5.41, 5.74) is 1.56. The SMILES string of the molecule is CCN(Cc1ccccc1)C(=O)Cn1cc(C(C)O)nn1. The average molecular weight is 288 g/mol. The van der Waals surface area contributed by atoms with Crippen LogP contribution in [-0.4, -0.2) is 37.5 Å². The van der Waals surface area contributed by atoms with Gasteiger partial charge in [0.1, 0.15) is 12.2 Å². The molecule has 1 atom stereocenters. The Morgan fingerprint density at radius 2 is 2.10 bits per heavy atom. The van der Waals surface area contributed by atoms with Crippen molar-refractivity contribution in [3.8, 4) is 0 Å². The second-order valence-corrected chi connectivity index (χ2v) is 4.91. The molecule has 0 fully saturated rings. The number of aliphatic hydroxyl groups excluding tert-OH is 1. The molecule has 6 nitrogen and oxygen atoms in total. The van der Waals surface area contributed by atoms with Gasteiger partial charge in [-0.05, 0) is 19.4 Å². The van der Waals surface area contributed by atoms with Crippen molar-refractivity contribution in [2.24, 2.45) is 0 Å². The Balaban J connectivity index is 1.99. The molecule has 2 aromatic rings. The molecular formula is C15H20N4O2. The fraction of sp³-hybridized carbons (Fsp3) is 0.400. The Hall–Kier alpha value is -2.21. The summed E-state index contributed by atoms with van der Waals surface area (Å²) in [7, 11) is 0. The van der Waals surface area contributed by atoms with Gasteiger partial charge in [-0.25, -0.2) is 4.68 Å². The van der Waals surface area contributed by atoms with E-state index in [1.807, 2.05) is 37.3 Å². The van der Waals surface area contributed by atoms with Gasteiger partial charge in [0, 0.05) is 13.1 Å². The maximum atomic E-state index is 12.3. The maximum Gasteiger partial charge on any atom is 0.244 e. The summed E-state index contributed by atoms with van der Waals surface area (Å²) in [5, 5.41) is 17.1. The molecule has 1 aromatic heterocycles. The van der Waals surface area contributed by atoms with Gasteiger partial charge in [-0.3, -0.25) is 4.79 Å². The van der Waals surface area contributed by atoms with Crippen LogP contribution in [0.25, 0.3) is 0 Å². The number of rotatable bonds is 6. The van der Waals surface area contributed by atoms with E-state index in [1.54, 1.807) is 18.0 Å². The summed E-state index contributed by atoms with van der Waals surface area (Å²) in [5.74, 6) is -0.0246. The number of likely N-dealkylation sites (N-methyl/N-ethyl adjacent to an activating group) is 1. The molecule has 0 radical (unpaired) electrons. The first-order valence-electron chi connectivity index (χ1n) is 7.00. The summed E-state index contributed by atoms with van der Waals surface area (Å²) in [6.07, 6.45) is 0.916. The number of carbonyl (C=O) groups is 1. The zero-order valence-electron chi connectivity index (χ0n) is 12.3. The van der Waals surface area contributed by atoms with Gasteiger partial charge in [0.05, 0.1) is 12.3 Å². The topological polar surface area (TPSA) is 71.2 Å². The molecule has 0 saturated carbocycles. The molecule has 0 spiro atoms. The molecule has 21 heavy (non-hydrogen) atoms. The van der Waals surface area contributed by atoms with Gasteiger partial charge in [0.2, 0.25) is 5.91 Å². The van der Waals surface area contributed by atoms with Crippen molar-refractivity contribution in [2.45, 2.75) is 33.0 Å². The molecule has 1 amide bonds. The Morgan fingerprint density at radius 1 is 1.38 bits per heavy atom. The number of hydrogen-bond donors (Lipinski definition) is 1. The van der Waals surface area contributed by atoms with Gasteiger partial charge in [0.15, 0.2) is 0 Å². The zero-order valence-corrected chi connectivity index (χ0v) is 12.3. The van der Waals surface area contributed by atoms with Crippen LogP contribution in [0, 0.1) is 0 Å². The number of nitrogens with zero attached hydrogens (tertiary/aromatic N) is 4. The van der Waals surface area contributed by atoms with Crippen molar-refractivity contribution in [1.82, 2.24) is 19.9 Å². The lowest BCUT2D eigenvalue weighted by atomic mass is 10.2. The summed E-state index contributed by atoms with van der Waals surface area (Å²) >= 11 is 0. The van der Waals surface area contributed by atoms with Crippen LogP contribution in [0.1, 0.15) is 31.2 Å². The third kappa shape index (κ3) is 4.13. The molecule has 1 unspecified atom stereocenters. The van der Waals surface area contributed by atoms with Crippen molar-refractivity contribution < 1.29 is 9.90 Å². The Bertz CT molecular complexity index is 580. The van der Waals surface area contributed by atoms with Crippen LogP contribution in [-0.2, 0) is 17.9 Å². The number of carbonyl (C=O) groups excluding carboxylic acids is 1. The number of benzene rings is 1. The van der Waals surface area contributed by atoms with E-state index >= 15 is 0 Å². The lowest BCUT2D eigenvalue weighted by Crippen LogP contribution is -2.33. The highest BCUT2D eigenvalue weighted by atomic mass is 16.3. The van der Waals surface area contributed by atoms with E-state index in [2.05, 4.69) is 10.3 Å². The largest absolute Gasteiger partial charge is 0.387 e. The molecule has 2 rings (SSSR count). The molecule has 0 bridgehead atoms. The standard InChI is InChI=1S/C15H20N4O2/c1-3-18(9-13-7-5-4-6-8-13)15(21)11-19-10-14(12(2)20)16-17-19/h4-8,10,12,20H,3,9,11H2,1-2H3. The number of aromatic nitrogens is 3. The lowest BCUT2D eigenvalue weighted by Gasteiger charge is -2.20.